The molecule has 0 radical (unpaired) electrons. The molecular formula is C10H13NO5. The van der Waals surface area contributed by atoms with Crippen LogP contribution in [0.1, 0.15) is 6.92 Å². The summed E-state index contributed by atoms with van der Waals surface area (Å²) in [6.45, 7) is 5.56. The molecule has 16 heavy (non-hydrogen) atoms. The van der Waals surface area contributed by atoms with E-state index in [2.05, 4.69) is 11.9 Å². The lowest BCUT2D eigenvalue weighted by Gasteiger charge is -2.18. The summed E-state index contributed by atoms with van der Waals surface area (Å²) in [6, 6.07) is -1.15. The molecular weight excluding hydrogens is 214 g/mol. The van der Waals surface area contributed by atoms with Gasteiger partial charge in [0.2, 0.25) is 5.78 Å². The average molecular weight is 227 g/mol. The SMILES string of the molecule is C=C(C)[C@H]1CN[C@H](C(=O)O)[C@H]1C(=O)C(=O)O. The second-order valence-electron chi connectivity index (χ2n) is 3.87. The van der Waals surface area contributed by atoms with E-state index >= 15 is 0 Å². The van der Waals surface area contributed by atoms with Crippen LogP contribution >= 0.6 is 0 Å². The molecule has 0 unspecified atom stereocenters. The van der Waals surface area contributed by atoms with Gasteiger partial charge >= 0.3 is 11.9 Å². The Morgan fingerprint density at radius 3 is 2.25 bits per heavy atom. The van der Waals surface area contributed by atoms with Crippen LogP contribution in [0.15, 0.2) is 12.2 Å². The largest absolute Gasteiger partial charge is 0.480 e. The lowest BCUT2D eigenvalue weighted by atomic mass is 9.83. The van der Waals surface area contributed by atoms with Crippen LogP contribution in [0.3, 0.4) is 0 Å². The number of carbonyl (C=O) groups is 3. The number of Topliss-reactive ketones (excluding diaryl/α,β-unsaturated/α-hetero) is 1. The molecule has 0 aromatic rings. The normalized spacial score (nSPS) is 28.7. The van der Waals surface area contributed by atoms with E-state index in [4.69, 9.17) is 10.2 Å². The first-order chi connectivity index (χ1) is 7.36. The van der Waals surface area contributed by atoms with Gasteiger partial charge in [-0.1, -0.05) is 12.2 Å². The van der Waals surface area contributed by atoms with Gasteiger partial charge in [-0.15, -0.1) is 0 Å². The number of carbonyl (C=O) groups excluding carboxylic acids is 1. The molecule has 0 aromatic heterocycles. The number of carboxylic acids is 2. The summed E-state index contributed by atoms with van der Waals surface area (Å²) in [5.74, 6) is -5.42. The van der Waals surface area contributed by atoms with Gasteiger partial charge in [-0.05, 0) is 6.92 Å². The molecule has 88 valence electrons. The molecule has 0 aromatic carbocycles. The molecule has 0 amide bonds. The average Bonchev–Trinajstić information content (AvgIpc) is 2.59. The van der Waals surface area contributed by atoms with Crippen LogP contribution in [0, 0.1) is 11.8 Å². The summed E-state index contributed by atoms with van der Waals surface area (Å²) in [7, 11) is 0. The second-order valence-corrected chi connectivity index (χ2v) is 3.87. The van der Waals surface area contributed by atoms with E-state index in [0.717, 1.165) is 0 Å². The maximum atomic E-state index is 11.4. The summed E-state index contributed by atoms with van der Waals surface area (Å²) >= 11 is 0. The first-order valence-electron chi connectivity index (χ1n) is 4.75. The van der Waals surface area contributed by atoms with Crippen LogP contribution in [0.25, 0.3) is 0 Å². The Bertz CT molecular complexity index is 340. The van der Waals surface area contributed by atoms with E-state index in [1.807, 2.05) is 0 Å². The third-order valence-corrected chi connectivity index (χ3v) is 2.76. The van der Waals surface area contributed by atoms with Gasteiger partial charge in [0.05, 0.1) is 5.92 Å². The third-order valence-electron chi connectivity index (χ3n) is 2.76. The van der Waals surface area contributed by atoms with Crippen molar-refractivity contribution in [1.29, 1.82) is 0 Å². The number of hydrogen-bond donors (Lipinski definition) is 3. The Kier molecular flexibility index (Phi) is 3.44. The quantitative estimate of drug-likeness (QED) is 0.442. The van der Waals surface area contributed by atoms with Crippen molar-refractivity contribution in [3.8, 4) is 0 Å². The monoisotopic (exact) mass is 227 g/mol. The van der Waals surface area contributed by atoms with Gasteiger partial charge in [-0.3, -0.25) is 9.59 Å². The van der Waals surface area contributed by atoms with Gasteiger partial charge in [-0.25, -0.2) is 4.79 Å². The minimum atomic E-state index is -1.61. The van der Waals surface area contributed by atoms with Gasteiger partial charge in [0, 0.05) is 12.5 Å². The Balaban J connectivity index is 3.02. The van der Waals surface area contributed by atoms with Crippen molar-refractivity contribution in [1.82, 2.24) is 5.32 Å². The zero-order valence-electron chi connectivity index (χ0n) is 8.77. The fraction of sp³-hybridized carbons (Fsp3) is 0.500. The fourth-order valence-electron chi connectivity index (χ4n) is 1.94. The van der Waals surface area contributed by atoms with Gasteiger partial charge in [-0.2, -0.15) is 0 Å². The summed E-state index contributed by atoms with van der Waals surface area (Å²) in [5.41, 5.74) is 0.607. The highest BCUT2D eigenvalue weighted by atomic mass is 16.4. The number of ketones is 1. The third kappa shape index (κ3) is 2.11. The number of hydrogen-bond acceptors (Lipinski definition) is 4. The van der Waals surface area contributed by atoms with Gasteiger partial charge in [0.1, 0.15) is 6.04 Å². The highest BCUT2D eigenvalue weighted by Crippen LogP contribution is 2.29. The number of nitrogens with one attached hydrogen (secondary N) is 1. The van der Waals surface area contributed by atoms with Crippen molar-refractivity contribution >= 4 is 17.7 Å². The molecule has 0 aliphatic carbocycles. The predicted octanol–water partition coefficient (Wildman–Crippen LogP) is -0.495. The number of carboxylic acid groups (broad SMARTS) is 2. The molecule has 0 spiro atoms. The molecule has 1 heterocycles. The Labute approximate surface area is 92.0 Å². The molecule has 0 bridgehead atoms. The van der Waals surface area contributed by atoms with E-state index in [0.29, 0.717) is 5.57 Å². The van der Waals surface area contributed by atoms with Crippen molar-refractivity contribution in [2.75, 3.05) is 6.54 Å². The van der Waals surface area contributed by atoms with Crippen LogP contribution in [0.4, 0.5) is 0 Å². The Morgan fingerprint density at radius 2 is 1.88 bits per heavy atom. The summed E-state index contributed by atoms with van der Waals surface area (Å²) < 4.78 is 0. The van der Waals surface area contributed by atoms with Crippen LogP contribution in [-0.2, 0) is 14.4 Å². The van der Waals surface area contributed by atoms with Crippen molar-refractivity contribution in [3.05, 3.63) is 12.2 Å². The van der Waals surface area contributed by atoms with Crippen molar-refractivity contribution < 1.29 is 24.6 Å². The highest BCUT2D eigenvalue weighted by Gasteiger charge is 2.46. The van der Waals surface area contributed by atoms with Gasteiger partial charge < -0.3 is 15.5 Å². The predicted molar refractivity (Wildman–Crippen MR) is 53.9 cm³/mol. The Morgan fingerprint density at radius 1 is 1.31 bits per heavy atom. The molecule has 1 fully saturated rings. The molecule has 0 saturated carbocycles. The number of aliphatic carboxylic acids is 2. The molecule has 1 rings (SSSR count). The van der Waals surface area contributed by atoms with Gasteiger partial charge in [0.25, 0.3) is 0 Å². The minimum Gasteiger partial charge on any atom is -0.480 e. The van der Waals surface area contributed by atoms with E-state index in [1.165, 1.54) is 0 Å². The molecule has 1 aliphatic rings. The fourth-order valence-corrected chi connectivity index (χ4v) is 1.94. The van der Waals surface area contributed by atoms with E-state index < -0.39 is 35.6 Å². The van der Waals surface area contributed by atoms with Crippen molar-refractivity contribution in [2.45, 2.75) is 13.0 Å². The molecule has 6 nitrogen and oxygen atoms in total. The first-order valence-corrected chi connectivity index (χ1v) is 4.75. The molecule has 3 atom stereocenters. The van der Waals surface area contributed by atoms with Crippen LogP contribution < -0.4 is 5.32 Å². The van der Waals surface area contributed by atoms with Crippen LogP contribution in [-0.4, -0.2) is 40.5 Å². The van der Waals surface area contributed by atoms with Gasteiger partial charge in [0.15, 0.2) is 0 Å². The maximum Gasteiger partial charge on any atom is 0.372 e. The molecule has 1 aliphatic heterocycles. The molecule has 3 N–H and O–H groups in total. The van der Waals surface area contributed by atoms with Crippen molar-refractivity contribution in [2.24, 2.45) is 11.8 Å². The summed E-state index contributed by atoms with van der Waals surface area (Å²) in [4.78, 5) is 32.9. The molecule has 1 saturated heterocycles. The lowest BCUT2D eigenvalue weighted by molar-refractivity contribution is -0.153. The van der Waals surface area contributed by atoms with E-state index in [9.17, 15) is 14.4 Å². The highest BCUT2D eigenvalue weighted by molar-refractivity contribution is 6.34. The molecule has 6 heteroatoms. The summed E-state index contributed by atoms with van der Waals surface area (Å²) in [5, 5.41) is 20.1. The minimum absolute atomic E-state index is 0.260. The smallest absolute Gasteiger partial charge is 0.372 e. The number of rotatable bonds is 4. The Hall–Kier alpha value is -1.69. The second kappa shape index (κ2) is 4.44. The van der Waals surface area contributed by atoms with Crippen LogP contribution in [0.5, 0.6) is 0 Å². The van der Waals surface area contributed by atoms with E-state index in [-0.39, 0.29) is 6.54 Å². The summed E-state index contributed by atoms with van der Waals surface area (Å²) in [6.07, 6.45) is 0. The zero-order chi connectivity index (χ0) is 12.5. The topological polar surface area (TPSA) is 104 Å². The zero-order valence-corrected chi connectivity index (χ0v) is 8.77. The lowest BCUT2D eigenvalue weighted by Crippen LogP contribution is -2.42. The standard InChI is InChI=1S/C10H13NO5/c1-4(2)5-3-11-7(9(13)14)6(5)8(12)10(15)16/h5-7,11H,1,3H2,2H3,(H,13,14)(H,15,16)/t5-,6+,7+/m1/s1. The first kappa shape index (κ1) is 12.4. The maximum absolute atomic E-state index is 11.4. The van der Waals surface area contributed by atoms with E-state index in [1.54, 1.807) is 6.92 Å². The van der Waals surface area contributed by atoms with Crippen molar-refractivity contribution in [3.63, 3.8) is 0 Å². The van der Waals surface area contributed by atoms with Crippen LogP contribution in [0.2, 0.25) is 0 Å².